The molecule has 1 N–H and O–H groups in total. The molecule has 0 aliphatic rings. The minimum atomic E-state index is -0.349. The maximum Gasteiger partial charge on any atom is 0.277 e. The van der Waals surface area contributed by atoms with Crippen molar-refractivity contribution in [3.63, 3.8) is 0 Å². The summed E-state index contributed by atoms with van der Waals surface area (Å²) in [5, 5.41) is 4.40. The number of carbonyl (C=O) groups is 1. The normalized spacial score (nSPS) is 10.6. The maximum absolute atomic E-state index is 11.6. The Morgan fingerprint density at radius 3 is 2.86 bits per heavy atom. The number of hydrogen-bond acceptors (Lipinski definition) is 3. The number of nitrogens with one attached hydrogen (secondary N) is 1. The van der Waals surface area contributed by atoms with Crippen molar-refractivity contribution in [3.05, 3.63) is 63.6 Å². The van der Waals surface area contributed by atoms with Crippen LogP contribution in [0.15, 0.2) is 58.1 Å². The van der Waals surface area contributed by atoms with Gasteiger partial charge in [0.2, 0.25) is 0 Å². The maximum atomic E-state index is 11.6. The fourth-order valence-corrected chi connectivity index (χ4v) is 2.05. The second kappa shape index (κ2) is 7.81. The van der Waals surface area contributed by atoms with E-state index in [9.17, 15) is 4.79 Å². The average Bonchev–Trinajstić information content (AvgIpc) is 2.47. The first kappa shape index (κ1) is 15.5. The lowest BCUT2D eigenvalue weighted by Gasteiger charge is -2.05. The number of rotatable bonds is 5. The van der Waals surface area contributed by atoms with Gasteiger partial charge in [0.1, 0.15) is 5.75 Å². The molecule has 0 aliphatic carbocycles. The molecule has 0 unspecified atom stereocenters. The highest BCUT2D eigenvalue weighted by Crippen LogP contribution is 2.17. The molecule has 0 aliphatic heterocycles. The molecule has 0 saturated carbocycles. The molecular formula is C15H12BrClN2O2. The van der Waals surface area contributed by atoms with Gasteiger partial charge in [-0.3, -0.25) is 4.79 Å². The molecule has 2 aromatic carbocycles. The fourth-order valence-electron chi connectivity index (χ4n) is 1.49. The second-order valence-electron chi connectivity index (χ2n) is 4.06. The predicted molar refractivity (Wildman–Crippen MR) is 86.8 cm³/mol. The van der Waals surface area contributed by atoms with Gasteiger partial charge in [-0.15, -0.1) is 0 Å². The molecular weight excluding hydrogens is 356 g/mol. The van der Waals surface area contributed by atoms with Crippen LogP contribution in [0.1, 0.15) is 5.56 Å². The fraction of sp³-hybridized carbons (Fsp3) is 0.0667. The molecule has 0 radical (unpaired) electrons. The summed E-state index contributed by atoms with van der Waals surface area (Å²) in [5.41, 5.74) is 3.11. The van der Waals surface area contributed by atoms with Crippen LogP contribution in [0.4, 0.5) is 0 Å². The smallest absolute Gasteiger partial charge is 0.277 e. The van der Waals surface area contributed by atoms with Gasteiger partial charge in [0.25, 0.3) is 5.91 Å². The lowest BCUT2D eigenvalue weighted by atomic mass is 10.2. The van der Waals surface area contributed by atoms with Crippen molar-refractivity contribution in [1.29, 1.82) is 0 Å². The Morgan fingerprint density at radius 1 is 1.29 bits per heavy atom. The van der Waals surface area contributed by atoms with Gasteiger partial charge < -0.3 is 4.74 Å². The zero-order valence-corrected chi connectivity index (χ0v) is 13.3. The summed E-state index contributed by atoms with van der Waals surface area (Å²) >= 11 is 9.29. The van der Waals surface area contributed by atoms with Gasteiger partial charge in [-0.05, 0) is 24.3 Å². The molecule has 0 atom stereocenters. The molecule has 1 amide bonds. The van der Waals surface area contributed by atoms with Gasteiger partial charge in [0.15, 0.2) is 6.61 Å². The van der Waals surface area contributed by atoms with Crippen molar-refractivity contribution in [1.82, 2.24) is 5.43 Å². The average molecular weight is 368 g/mol. The molecule has 2 rings (SSSR count). The minimum absolute atomic E-state index is 0.115. The van der Waals surface area contributed by atoms with Gasteiger partial charge in [-0.2, -0.15) is 5.10 Å². The van der Waals surface area contributed by atoms with E-state index < -0.39 is 0 Å². The number of hydrogen-bond donors (Lipinski definition) is 1. The molecule has 0 spiro atoms. The van der Waals surface area contributed by atoms with E-state index in [1.54, 1.807) is 24.3 Å². The lowest BCUT2D eigenvalue weighted by Crippen LogP contribution is -2.24. The van der Waals surface area contributed by atoms with Crippen LogP contribution >= 0.6 is 27.5 Å². The van der Waals surface area contributed by atoms with Crippen LogP contribution in [-0.4, -0.2) is 18.7 Å². The van der Waals surface area contributed by atoms with E-state index in [-0.39, 0.29) is 12.5 Å². The van der Waals surface area contributed by atoms with E-state index in [1.165, 1.54) is 6.21 Å². The van der Waals surface area contributed by atoms with Gasteiger partial charge >= 0.3 is 0 Å². The van der Waals surface area contributed by atoms with Crippen molar-refractivity contribution in [2.75, 3.05) is 6.61 Å². The van der Waals surface area contributed by atoms with E-state index in [4.69, 9.17) is 16.3 Å². The number of benzene rings is 2. The van der Waals surface area contributed by atoms with Crippen molar-refractivity contribution >= 4 is 39.7 Å². The van der Waals surface area contributed by atoms with E-state index in [0.29, 0.717) is 10.8 Å². The Morgan fingerprint density at radius 2 is 2.10 bits per heavy atom. The third kappa shape index (κ3) is 5.21. The molecule has 21 heavy (non-hydrogen) atoms. The Balaban J connectivity index is 1.81. The standard InChI is InChI=1S/C15H12BrClN2O2/c16-12-5-3-6-13(8-12)21-10-15(20)19-18-9-11-4-1-2-7-14(11)17/h1-9H,10H2,(H,19,20)/b18-9+. The summed E-state index contributed by atoms with van der Waals surface area (Å²) < 4.78 is 6.22. The molecule has 0 aromatic heterocycles. The summed E-state index contributed by atoms with van der Waals surface area (Å²) in [5.74, 6) is 0.257. The Hall–Kier alpha value is -1.85. The highest BCUT2D eigenvalue weighted by atomic mass is 79.9. The van der Waals surface area contributed by atoms with Crippen LogP contribution in [0.3, 0.4) is 0 Å². The number of ether oxygens (including phenoxy) is 1. The molecule has 0 heterocycles. The molecule has 0 saturated heterocycles. The van der Waals surface area contributed by atoms with Crippen LogP contribution in [0.25, 0.3) is 0 Å². The minimum Gasteiger partial charge on any atom is -0.484 e. The van der Waals surface area contributed by atoms with E-state index >= 15 is 0 Å². The highest BCUT2D eigenvalue weighted by Gasteiger charge is 2.02. The third-order valence-electron chi connectivity index (χ3n) is 2.46. The number of hydrazone groups is 1. The van der Waals surface area contributed by atoms with Gasteiger partial charge in [-0.1, -0.05) is 51.8 Å². The first-order valence-corrected chi connectivity index (χ1v) is 7.27. The number of carbonyl (C=O) groups excluding carboxylic acids is 1. The highest BCUT2D eigenvalue weighted by molar-refractivity contribution is 9.10. The Bertz CT molecular complexity index is 662. The van der Waals surface area contributed by atoms with Crippen molar-refractivity contribution in [2.45, 2.75) is 0 Å². The second-order valence-corrected chi connectivity index (χ2v) is 5.38. The van der Waals surface area contributed by atoms with Gasteiger partial charge in [0, 0.05) is 15.1 Å². The first-order chi connectivity index (χ1) is 10.1. The molecule has 108 valence electrons. The number of nitrogens with zero attached hydrogens (tertiary/aromatic N) is 1. The summed E-state index contributed by atoms with van der Waals surface area (Å²) in [4.78, 5) is 11.6. The van der Waals surface area contributed by atoms with Crippen LogP contribution in [0, 0.1) is 0 Å². The first-order valence-electron chi connectivity index (χ1n) is 6.10. The van der Waals surface area contributed by atoms with Gasteiger partial charge in [-0.25, -0.2) is 5.43 Å². The van der Waals surface area contributed by atoms with E-state index in [2.05, 4.69) is 26.5 Å². The summed E-state index contributed by atoms with van der Waals surface area (Å²) in [7, 11) is 0. The summed E-state index contributed by atoms with van der Waals surface area (Å²) in [6, 6.07) is 14.5. The van der Waals surface area contributed by atoms with E-state index in [1.807, 2.05) is 24.3 Å². The zero-order valence-electron chi connectivity index (χ0n) is 10.9. The summed E-state index contributed by atoms with van der Waals surface area (Å²) in [6.45, 7) is -0.115. The van der Waals surface area contributed by atoms with Crippen LogP contribution < -0.4 is 10.2 Å². The third-order valence-corrected chi connectivity index (χ3v) is 3.30. The largest absolute Gasteiger partial charge is 0.484 e. The summed E-state index contributed by atoms with van der Waals surface area (Å²) in [6.07, 6.45) is 1.49. The molecule has 4 nitrogen and oxygen atoms in total. The zero-order chi connectivity index (χ0) is 15.1. The molecule has 0 fully saturated rings. The van der Waals surface area contributed by atoms with Crippen molar-refractivity contribution < 1.29 is 9.53 Å². The van der Waals surface area contributed by atoms with Crippen LogP contribution in [-0.2, 0) is 4.79 Å². The number of halogens is 2. The van der Waals surface area contributed by atoms with Crippen LogP contribution in [0.5, 0.6) is 5.75 Å². The van der Waals surface area contributed by atoms with E-state index in [0.717, 1.165) is 10.0 Å². The molecule has 2 aromatic rings. The van der Waals surface area contributed by atoms with Crippen molar-refractivity contribution in [3.8, 4) is 5.75 Å². The molecule has 6 heteroatoms. The Kier molecular flexibility index (Phi) is 5.78. The quantitative estimate of drug-likeness (QED) is 0.648. The monoisotopic (exact) mass is 366 g/mol. The van der Waals surface area contributed by atoms with Gasteiger partial charge in [0.05, 0.1) is 6.21 Å². The Labute approximate surface area is 135 Å². The topological polar surface area (TPSA) is 50.7 Å². The predicted octanol–water partition coefficient (Wildman–Crippen LogP) is 3.63. The SMILES string of the molecule is O=C(COc1cccc(Br)c1)N/N=C/c1ccccc1Cl. The number of amides is 1. The van der Waals surface area contributed by atoms with Crippen molar-refractivity contribution in [2.24, 2.45) is 5.10 Å². The lowest BCUT2D eigenvalue weighted by molar-refractivity contribution is -0.123. The molecule has 0 bridgehead atoms. The van der Waals surface area contributed by atoms with Crippen LogP contribution in [0.2, 0.25) is 5.02 Å².